The van der Waals surface area contributed by atoms with Gasteiger partial charge < -0.3 is 9.84 Å². The SMILES string of the molecule is CC1=CCC(Cl)C(SNNCOCCO)=C1. The van der Waals surface area contributed by atoms with Gasteiger partial charge in [0.2, 0.25) is 0 Å². The minimum atomic E-state index is 0.0354. The van der Waals surface area contributed by atoms with Crippen LogP contribution in [0.25, 0.3) is 0 Å². The number of aliphatic hydroxyl groups excluding tert-OH is 1. The zero-order valence-corrected chi connectivity index (χ0v) is 10.8. The number of rotatable bonds is 7. The molecule has 0 heterocycles. The summed E-state index contributed by atoms with van der Waals surface area (Å²) in [4.78, 5) is 4.04. The van der Waals surface area contributed by atoms with E-state index < -0.39 is 0 Å². The number of aliphatic hydroxyl groups is 1. The monoisotopic (exact) mass is 264 g/mol. The smallest absolute Gasteiger partial charge is 0.110 e. The fraction of sp³-hybridized carbons (Fsp3) is 0.600. The molecular formula is C10H17ClN2O2S. The van der Waals surface area contributed by atoms with Gasteiger partial charge in [-0.3, -0.25) is 0 Å². The molecule has 1 aliphatic rings. The van der Waals surface area contributed by atoms with Crippen LogP contribution in [0.3, 0.4) is 0 Å². The second-order valence-corrected chi connectivity index (χ2v) is 4.76. The third-order valence-corrected chi connectivity index (χ3v) is 3.40. The molecular weight excluding hydrogens is 248 g/mol. The van der Waals surface area contributed by atoms with Crippen molar-refractivity contribution in [2.45, 2.75) is 18.7 Å². The molecule has 16 heavy (non-hydrogen) atoms. The van der Waals surface area contributed by atoms with Crippen LogP contribution in [0, 0.1) is 0 Å². The van der Waals surface area contributed by atoms with E-state index in [-0.39, 0.29) is 12.0 Å². The molecule has 1 rings (SSSR count). The van der Waals surface area contributed by atoms with Crippen molar-refractivity contribution in [3.05, 3.63) is 22.6 Å². The van der Waals surface area contributed by atoms with E-state index in [1.54, 1.807) is 0 Å². The molecule has 1 atom stereocenters. The van der Waals surface area contributed by atoms with Crippen LogP contribution in [0.5, 0.6) is 0 Å². The predicted octanol–water partition coefficient (Wildman–Crippen LogP) is 1.54. The van der Waals surface area contributed by atoms with Gasteiger partial charge in [-0.05, 0) is 31.4 Å². The molecule has 0 fully saturated rings. The maximum atomic E-state index is 8.48. The standard InChI is InChI=1S/C10H17ClN2O2S/c1-8-2-3-9(11)10(6-8)16-13-12-7-15-5-4-14/h2,6,9,12-14H,3-5,7H2,1H3. The van der Waals surface area contributed by atoms with Crippen molar-refractivity contribution in [2.24, 2.45) is 0 Å². The summed E-state index contributed by atoms with van der Waals surface area (Å²) in [6.07, 6.45) is 5.06. The van der Waals surface area contributed by atoms with Crippen molar-refractivity contribution in [1.29, 1.82) is 0 Å². The number of hydrogen-bond donors (Lipinski definition) is 3. The average Bonchev–Trinajstić information content (AvgIpc) is 2.28. The Hall–Kier alpha value is -0.0400. The van der Waals surface area contributed by atoms with E-state index in [1.807, 2.05) is 0 Å². The second-order valence-electron chi connectivity index (χ2n) is 3.36. The lowest BCUT2D eigenvalue weighted by Crippen LogP contribution is -2.29. The van der Waals surface area contributed by atoms with Crippen molar-refractivity contribution in [3.8, 4) is 0 Å². The maximum Gasteiger partial charge on any atom is 0.110 e. The van der Waals surface area contributed by atoms with Gasteiger partial charge in [-0.2, -0.15) is 4.83 Å². The van der Waals surface area contributed by atoms with Crippen LogP contribution in [0.1, 0.15) is 13.3 Å². The van der Waals surface area contributed by atoms with Gasteiger partial charge in [0, 0.05) is 4.91 Å². The number of hydrogen-bond acceptors (Lipinski definition) is 5. The second kappa shape index (κ2) is 8.11. The number of alkyl halides is 1. The lowest BCUT2D eigenvalue weighted by Gasteiger charge is -2.17. The van der Waals surface area contributed by atoms with Crippen molar-refractivity contribution in [3.63, 3.8) is 0 Å². The largest absolute Gasteiger partial charge is 0.394 e. The normalized spacial score (nSPS) is 20.6. The molecule has 3 N–H and O–H groups in total. The summed E-state index contributed by atoms with van der Waals surface area (Å²) in [5.74, 6) is 0. The zero-order chi connectivity index (χ0) is 11.8. The number of halogens is 1. The lowest BCUT2D eigenvalue weighted by atomic mass is 10.1. The van der Waals surface area contributed by atoms with Crippen LogP contribution >= 0.6 is 23.5 Å². The third kappa shape index (κ3) is 5.34. The first-order chi connectivity index (χ1) is 7.74. The molecule has 0 aromatic carbocycles. The molecule has 0 aromatic rings. The number of nitrogens with one attached hydrogen (secondary N) is 2. The first kappa shape index (κ1) is 14.0. The highest BCUT2D eigenvalue weighted by Crippen LogP contribution is 2.28. The third-order valence-electron chi connectivity index (χ3n) is 1.98. The Morgan fingerprint density at radius 2 is 2.50 bits per heavy atom. The number of ether oxygens (including phenoxy) is 1. The van der Waals surface area contributed by atoms with Crippen LogP contribution in [-0.4, -0.2) is 30.4 Å². The minimum Gasteiger partial charge on any atom is -0.394 e. The molecule has 0 aromatic heterocycles. The van der Waals surface area contributed by atoms with Crippen LogP contribution < -0.4 is 10.3 Å². The first-order valence-electron chi connectivity index (χ1n) is 5.09. The number of allylic oxidation sites excluding steroid dienone is 4. The molecule has 0 bridgehead atoms. The highest BCUT2D eigenvalue weighted by atomic mass is 35.5. The van der Waals surface area contributed by atoms with Crippen molar-refractivity contribution >= 4 is 23.5 Å². The highest BCUT2D eigenvalue weighted by Gasteiger charge is 2.14. The van der Waals surface area contributed by atoms with E-state index in [9.17, 15) is 0 Å². The fourth-order valence-corrected chi connectivity index (χ4v) is 2.19. The van der Waals surface area contributed by atoms with E-state index in [1.165, 1.54) is 17.5 Å². The molecule has 92 valence electrons. The molecule has 0 radical (unpaired) electrons. The maximum absolute atomic E-state index is 8.48. The van der Waals surface area contributed by atoms with Gasteiger partial charge in [-0.15, -0.1) is 11.6 Å². The Morgan fingerprint density at radius 1 is 1.69 bits per heavy atom. The summed E-state index contributed by atoms with van der Waals surface area (Å²) in [5, 5.41) is 8.52. The van der Waals surface area contributed by atoms with Crippen LogP contribution in [0.2, 0.25) is 0 Å². The summed E-state index contributed by atoms with van der Waals surface area (Å²) >= 11 is 7.60. The van der Waals surface area contributed by atoms with Gasteiger partial charge in [-0.1, -0.05) is 11.6 Å². The topological polar surface area (TPSA) is 53.5 Å². The van der Waals surface area contributed by atoms with Crippen molar-refractivity contribution in [2.75, 3.05) is 19.9 Å². The molecule has 0 spiro atoms. The highest BCUT2D eigenvalue weighted by molar-refractivity contribution is 8.01. The molecule has 0 saturated carbocycles. The Morgan fingerprint density at radius 3 is 3.25 bits per heavy atom. The molecule has 6 heteroatoms. The Balaban J connectivity index is 2.14. The van der Waals surface area contributed by atoms with E-state index in [4.69, 9.17) is 21.4 Å². The molecule has 0 saturated heterocycles. The quantitative estimate of drug-likeness (QED) is 0.214. The fourth-order valence-electron chi connectivity index (χ4n) is 1.18. The van der Waals surface area contributed by atoms with E-state index >= 15 is 0 Å². The van der Waals surface area contributed by atoms with Crippen molar-refractivity contribution < 1.29 is 9.84 Å². The lowest BCUT2D eigenvalue weighted by molar-refractivity contribution is 0.0777. The van der Waals surface area contributed by atoms with Gasteiger partial charge in [0.1, 0.15) is 6.73 Å². The first-order valence-corrected chi connectivity index (χ1v) is 6.35. The average molecular weight is 265 g/mol. The summed E-state index contributed by atoms with van der Waals surface area (Å²) in [7, 11) is 0. The van der Waals surface area contributed by atoms with E-state index in [2.05, 4.69) is 29.3 Å². The molecule has 4 nitrogen and oxygen atoms in total. The van der Waals surface area contributed by atoms with E-state index in [0.29, 0.717) is 13.3 Å². The Bertz CT molecular complexity index is 272. The molecule has 0 amide bonds. The van der Waals surface area contributed by atoms with Gasteiger partial charge in [0.15, 0.2) is 0 Å². The minimum absolute atomic E-state index is 0.0354. The summed E-state index contributed by atoms with van der Waals surface area (Å²) in [6, 6.07) is 0. The molecule has 0 aliphatic heterocycles. The summed E-state index contributed by atoms with van der Waals surface area (Å²) in [5.41, 5.74) is 4.10. The van der Waals surface area contributed by atoms with E-state index in [0.717, 1.165) is 11.3 Å². The summed E-state index contributed by atoms with van der Waals surface area (Å²) < 4.78 is 5.02. The van der Waals surface area contributed by atoms with Gasteiger partial charge in [0.05, 0.1) is 18.6 Å². The molecule has 1 unspecified atom stereocenters. The predicted molar refractivity (Wildman–Crippen MR) is 67.9 cm³/mol. The van der Waals surface area contributed by atoms with Gasteiger partial charge in [-0.25, -0.2) is 5.43 Å². The van der Waals surface area contributed by atoms with Crippen molar-refractivity contribution in [1.82, 2.24) is 10.3 Å². The Kier molecular flexibility index (Phi) is 7.11. The van der Waals surface area contributed by atoms with Crippen LogP contribution in [0.4, 0.5) is 0 Å². The summed E-state index contributed by atoms with van der Waals surface area (Å²) in [6.45, 7) is 2.78. The number of hydrazine groups is 1. The van der Waals surface area contributed by atoms with Crippen LogP contribution in [-0.2, 0) is 4.74 Å². The Labute approximate surface area is 105 Å². The van der Waals surface area contributed by atoms with Gasteiger partial charge in [0.25, 0.3) is 0 Å². The van der Waals surface area contributed by atoms with Gasteiger partial charge >= 0.3 is 0 Å². The molecule has 1 aliphatic carbocycles. The van der Waals surface area contributed by atoms with Crippen LogP contribution in [0.15, 0.2) is 22.6 Å². The zero-order valence-electron chi connectivity index (χ0n) is 9.20.